The molecule has 0 spiro atoms. The van der Waals surface area contributed by atoms with Gasteiger partial charge in [0.15, 0.2) is 0 Å². The van der Waals surface area contributed by atoms with Crippen LogP contribution in [-0.4, -0.2) is 30.3 Å². The Bertz CT molecular complexity index is 851. The van der Waals surface area contributed by atoms with E-state index in [1.165, 1.54) is 6.21 Å². The van der Waals surface area contributed by atoms with Gasteiger partial charge < -0.3 is 10.1 Å². The molecule has 6 nitrogen and oxygen atoms in total. The molecule has 1 fully saturated rings. The molecule has 0 unspecified atom stereocenters. The minimum atomic E-state index is -1.16. The van der Waals surface area contributed by atoms with Crippen LogP contribution in [0.15, 0.2) is 53.6 Å². The molecule has 128 valence electrons. The summed E-state index contributed by atoms with van der Waals surface area (Å²) in [5, 5.41) is 7.67. The quantitative estimate of drug-likeness (QED) is 0.443. The number of ether oxygens (including phenoxy) is 1. The maximum absolute atomic E-state index is 12.8. The smallest absolute Gasteiger partial charge is 0.346 e. The monoisotopic (exact) mass is 449 g/mol. The van der Waals surface area contributed by atoms with Crippen molar-refractivity contribution in [2.24, 2.45) is 5.10 Å². The van der Waals surface area contributed by atoms with Crippen molar-refractivity contribution in [2.75, 3.05) is 7.11 Å². The number of hydrogen-bond acceptors (Lipinski definition) is 4. The molecule has 2 aromatic rings. The number of carbonyl (C=O) groups excluding carboxylic acids is 2. The molecule has 1 N–H and O–H groups in total. The lowest BCUT2D eigenvalue weighted by Crippen LogP contribution is -2.40. The van der Waals surface area contributed by atoms with E-state index in [0.717, 1.165) is 14.1 Å². The van der Waals surface area contributed by atoms with E-state index < -0.39 is 17.5 Å². The lowest BCUT2D eigenvalue weighted by Gasteiger charge is -2.21. The number of hydrazone groups is 1. The van der Waals surface area contributed by atoms with Crippen molar-refractivity contribution in [3.05, 3.63) is 63.2 Å². The number of carbonyl (C=O) groups is 2. The fourth-order valence-corrected chi connectivity index (χ4v) is 3.08. The van der Waals surface area contributed by atoms with Crippen LogP contribution in [0.2, 0.25) is 0 Å². The molecule has 1 aliphatic rings. The van der Waals surface area contributed by atoms with E-state index in [9.17, 15) is 9.59 Å². The predicted molar refractivity (Wildman–Crippen MR) is 102 cm³/mol. The van der Waals surface area contributed by atoms with Crippen LogP contribution in [0.3, 0.4) is 0 Å². The van der Waals surface area contributed by atoms with E-state index in [4.69, 9.17) is 4.74 Å². The molecular weight excluding hydrogens is 433 g/mol. The number of imide groups is 1. The molecule has 1 saturated heterocycles. The van der Waals surface area contributed by atoms with E-state index in [0.29, 0.717) is 11.3 Å². The molecule has 0 saturated carbocycles. The van der Waals surface area contributed by atoms with Crippen LogP contribution in [0.5, 0.6) is 5.75 Å². The first-order chi connectivity index (χ1) is 12.0. The summed E-state index contributed by atoms with van der Waals surface area (Å²) in [5.41, 5.74) is 0.338. The molecule has 3 amide bonds. The molecule has 1 heterocycles. The third-order valence-corrected chi connectivity index (χ3v) is 5.04. The molecule has 0 aromatic heterocycles. The van der Waals surface area contributed by atoms with Gasteiger partial charge in [0.1, 0.15) is 11.3 Å². The van der Waals surface area contributed by atoms with Gasteiger partial charge in [-0.3, -0.25) is 4.79 Å². The highest BCUT2D eigenvalue weighted by atomic mass is 127. The molecule has 0 aliphatic carbocycles. The van der Waals surface area contributed by atoms with Gasteiger partial charge in [0.25, 0.3) is 5.91 Å². The normalized spacial score (nSPS) is 20.2. The number of nitrogens with one attached hydrogen (secondary N) is 1. The van der Waals surface area contributed by atoms with Crippen molar-refractivity contribution < 1.29 is 14.3 Å². The zero-order valence-electron chi connectivity index (χ0n) is 13.7. The van der Waals surface area contributed by atoms with Crippen LogP contribution < -0.4 is 10.1 Å². The van der Waals surface area contributed by atoms with Crippen LogP contribution in [0, 0.1) is 3.57 Å². The first-order valence-electron chi connectivity index (χ1n) is 7.55. The minimum Gasteiger partial charge on any atom is -0.497 e. The number of amides is 3. The molecule has 2 aromatic carbocycles. The molecule has 0 radical (unpaired) electrons. The highest BCUT2D eigenvalue weighted by Crippen LogP contribution is 2.30. The first-order valence-corrected chi connectivity index (χ1v) is 8.63. The first kappa shape index (κ1) is 17.4. The average Bonchev–Trinajstić information content (AvgIpc) is 2.84. The third-order valence-electron chi connectivity index (χ3n) is 4.05. The Kier molecular flexibility index (Phi) is 4.76. The Morgan fingerprint density at radius 1 is 1.16 bits per heavy atom. The Balaban J connectivity index is 1.87. The number of urea groups is 1. The van der Waals surface area contributed by atoms with Crippen LogP contribution in [-0.2, 0) is 10.3 Å². The van der Waals surface area contributed by atoms with E-state index in [-0.39, 0.29) is 0 Å². The fraction of sp³-hybridized carbons (Fsp3) is 0.167. The van der Waals surface area contributed by atoms with Crippen LogP contribution >= 0.6 is 22.6 Å². The van der Waals surface area contributed by atoms with Gasteiger partial charge in [-0.2, -0.15) is 5.10 Å². The van der Waals surface area contributed by atoms with E-state index in [1.807, 2.05) is 24.3 Å². The zero-order valence-corrected chi connectivity index (χ0v) is 15.9. The van der Waals surface area contributed by atoms with Gasteiger partial charge in [0.05, 0.1) is 13.3 Å². The standard InChI is InChI=1S/C18H16IN3O3/c1-18(13-7-9-14(25-2)10-8-13)16(23)22(17(24)21-18)20-11-12-5-3-4-6-15(12)19/h3-11H,1-2H3,(H,21,24)/t18-/m0/s1. The van der Waals surface area contributed by atoms with Gasteiger partial charge in [-0.1, -0.05) is 30.3 Å². The maximum atomic E-state index is 12.8. The van der Waals surface area contributed by atoms with Gasteiger partial charge in [-0.05, 0) is 53.3 Å². The highest BCUT2D eigenvalue weighted by Gasteiger charge is 2.49. The number of halogens is 1. The van der Waals surface area contributed by atoms with Crippen LogP contribution in [0.4, 0.5) is 4.79 Å². The number of benzene rings is 2. The molecular formula is C18H16IN3O3. The van der Waals surface area contributed by atoms with Crippen molar-refractivity contribution in [3.8, 4) is 5.75 Å². The van der Waals surface area contributed by atoms with E-state index in [2.05, 4.69) is 33.0 Å². The molecule has 1 aliphatic heterocycles. The third kappa shape index (κ3) is 3.23. The predicted octanol–water partition coefficient (Wildman–Crippen LogP) is 3.10. The second kappa shape index (κ2) is 6.83. The van der Waals surface area contributed by atoms with Gasteiger partial charge in [0.2, 0.25) is 0 Å². The summed E-state index contributed by atoms with van der Waals surface area (Å²) in [6.45, 7) is 1.66. The summed E-state index contributed by atoms with van der Waals surface area (Å²) in [6, 6.07) is 14.0. The summed E-state index contributed by atoms with van der Waals surface area (Å²) in [6.07, 6.45) is 1.51. The van der Waals surface area contributed by atoms with Gasteiger partial charge in [0, 0.05) is 9.13 Å². The van der Waals surface area contributed by atoms with Crippen molar-refractivity contribution in [2.45, 2.75) is 12.5 Å². The van der Waals surface area contributed by atoms with E-state index >= 15 is 0 Å². The number of nitrogens with zero attached hydrogens (tertiary/aromatic N) is 2. The second-order valence-electron chi connectivity index (χ2n) is 5.67. The SMILES string of the molecule is COc1ccc([C@]2(C)NC(=O)N(N=Cc3ccccc3I)C2=O)cc1. The molecule has 1 atom stereocenters. The fourth-order valence-electron chi connectivity index (χ4n) is 2.55. The lowest BCUT2D eigenvalue weighted by atomic mass is 9.92. The molecule has 0 bridgehead atoms. The number of methoxy groups -OCH3 is 1. The Morgan fingerprint density at radius 2 is 1.84 bits per heavy atom. The summed E-state index contributed by atoms with van der Waals surface area (Å²) < 4.78 is 6.11. The van der Waals surface area contributed by atoms with Crippen molar-refractivity contribution >= 4 is 40.7 Å². The highest BCUT2D eigenvalue weighted by molar-refractivity contribution is 14.1. The van der Waals surface area contributed by atoms with Gasteiger partial charge in [-0.15, -0.1) is 5.01 Å². The molecule has 7 heteroatoms. The van der Waals surface area contributed by atoms with Crippen LogP contribution in [0.25, 0.3) is 0 Å². The van der Waals surface area contributed by atoms with Crippen molar-refractivity contribution in [1.29, 1.82) is 0 Å². The van der Waals surface area contributed by atoms with Gasteiger partial charge in [-0.25, -0.2) is 4.79 Å². The summed E-state index contributed by atoms with van der Waals surface area (Å²) in [7, 11) is 1.57. The van der Waals surface area contributed by atoms with Gasteiger partial charge >= 0.3 is 6.03 Å². The summed E-state index contributed by atoms with van der Waals surface area (Å²) in [4.78, 5) is 25.1. The lowest BCUT2D eigenvalue weighted by molar-refractivity contribution is -0.131. The van der Waals surface area contributed by atoms with E-state index in [1.54, 1.807) is 38.3 Å². The Hall–Kier alpha value is -2.42. The Labute approximate surface area is 159 Å². The number of hydrogen-bond donors (Lipinski definition) is 1. The minimum absolute atomic E-state index is 0.426. The topological polar surface area (TPSA) is 71.0 Å². The maximum Gasteiger partial charge on any atom is 0.346 e. The largest absolute Gasteiger partial charge is 0.497 e. The molecule has 25 heavy (non-hydrogen) atoms. The second-order valence-corrected chi connectivity index (χ2v) is 6.83. The molecule has 3 rings (SSSR count). The van der Waals surface area contributed by atoms with Crippen molar-refractivity contribution in [3.63, 3.8) is 0 Å². The average molecular weight is 449 g/mol. The van der Waals surface area contributed by atoms with Crippen molar-refractivity contribution in [1.82, 2.24) is 10.3 Å². The summed E-state index contributed by atoms with van der Waals surface area (Å²) in [5.74, 6) is 0.252. The summed E-state index contributed by atoms with van der Waals surface area (Å²) >= 11 is 2.17. The zero-order chi connectivity index (χ0) is 18.0. The van der Waals surface area contributed by atoms with Crippen LogP contribution in [0.1, 0.15) is 18.1 Å². The Morgan fingerprint density at radius 3 is 2.48 bits per heavy atom. The number of rotatable bonds is 4.